The highest BCUT2D eigenvalue weighted by molar-refractivity contribution is 7.88. The van der Waals surface area contributed by atoms with E-state index in [0.29, 0.717) is 26.2 Å². The third-order valence-corrected chi connectivity index (χ3v) is 7.24. The molecule has 2 aliphatic rings. The van der Waals surface area contributed by atoms with Gasteiger partial charge in [-0.05, 0) is 31.2 Å². The van der Waals surface area contributed by atoms with E-state index in [1.165, 1.54) is 34.9 Å². The zero-order valence-corrected chi connectivity index (χ0v) is 14.8. The molecule has 1 fully saturated rings. The van der Waals surface area contributed by atoms with E-state index in [2.05, 4.69) is 14.9 Å². The number of hydrogen-bond donors (Lipinski definition) is 0. The summed E-state index contributed by atoms with van der Waals surface area (Å²) in [5, 5.41) is 1.21. The van der Waals surface area contributed by atoms with E-state index in [1.807, 2.05) is 0 Å². The van der Waals surface area contributed by atoms with Gasteiger partial charge in [0.15, 0.2) is 0 Å². The second kappa shape index (κ2) is 5.68. The molecule has 0 aromatic carbocycles. The molecule has 0 bridgehead atoms. The van der Waals surface area contributed by atoms with Crippen LogP contribution in [-0.2, 0) is 22.9 Å². The second-order valence-electron chi connectivity index (χ2n) is 6.24. The summed E-state index contributed by atoms with van der Waals surface area (Å²) in [4.78, 5) is 13.8. The predicted octanol–water partition coefficient (Wildman–Crippen LogP) is 1.65. The van der Waals surface area contributed by atoms with Gasteiger partial charge in [-0.1, -0.05) is 0 Å². The van der Waals surface area contributed by atoms with E-state index in [9.17, 15) is 8.42 Å². The summed E-state index contributed by atoms with van der Waals surface area (Å²) in [7, 11) is -3.10. The van der Waals surface area contributed by atoms with Crippen molar-refractivity contribution in [1.29, 1.82) is 0 Å². The molecule has 0 radical (unpaired) electrons. The Morgan fingerprint density at radius 1 is 1.09 bits per heavy atom. The maximum Gasteiger partial charge on any atom is 0.211 e. The Kier molecular flexibility index (Phi) is 3.78. The van der Waals surface area contributed by atoms with Crippen molar-refractivity contribution in [3.8, 4) is 0 Å². The van der Waals surface area contributed by atoms with E-state index >= 15 is 0 Å². The SMILES string of the molecule is CS(=O)(=O)N1CCN(c2ncnc3sc4c(c23)CCCC4)CC1. The van der Waals surface area contributed by atoms with Crippen LogP contribution in [0.15, 0.2) is 6.33 Å². The topological polar surface area (TPSA) is 66.4 Å². The van der Waals surface area contributed by atoms with Crippen LogP contribution in [0, 0.1) is 0 Å². The highest BCUT2D eigenvalue weighted by Gasteiger charge is 2.27. The fraction of sp³-hybridized carbons (Fsp3) is 0.600. The smallest absolute Gasteiger partial charge is 0.211 e. The number of piperazine rings is 1. The molecular weight excluding hydrogens is 332 g/mol. The molecule has 23 heavy (non-hydrogen) atoms. The Labute approximate surface area is 140 Å². The molecule has 4 rings (SSSR count). The zero-order chi connectivity index (χ0) is 16.0. The Morgan fingerprint density at radius 2 is 1.83 bits per heavy atom. The first-order chi connectivity index (χ1) is 11.0. The van der Waals surface area contributed by atoms with Gasteiger partial charge in [0.25, 0.3) is 0 Å². The molecule has 1 aliphatic heterocycles. The largest absolute Gasteiger partial charge is 0.353 e. The van der Waals surface area contributed by atoms with E-state index in [0.717, 1.165) is 23.5 Å². The van der Waals surface area contributed by atoms with Crippen LogP contribution in [-0.4, -0.2) is 55.1 Å². The molecule has 0 spiro atoms. The molecule has 0 amide bonds. The van der Waals surface area contributed by atoms with Crippen LogP contribution in [0.25, 0.3) is 10.2 Å². The minimum absolute atomic E-state index is 0.524. The normalized spacial score (nSPS) is 20.0. The van der Waals surface area contributed by atoms with Crippen LogP contribution >= 0.6 is 11.3 Å². The van der Waals surface area contributed by atoms with Crippen LogP contribution in [0.5, 0.6) is 0 Å². The number of rotatable bonds is 2. The molecule has 8 heteroatoms. The van der Waals surface area contributed by atoms with E-state index in [1.54, 1.807) is 22.0 Å². The average Bonchev–Trinajstić information content (AvgIpc) is 2.93. The maximum absolute atomic E-state index is 11.7. The monoisotopic (exact) mass is 352 g/mol. The number of thiophene rings is 1. The Hall–Kier alpha value is -1.25. The van der Waals surface area contributed by atoms with Crippen LogP contribution in [0.4, 0.5) is 5.82 Å². The summed E-state index contributed by atoms with van der Waals surface area (Å²) < 4.78 is 24.9. The number of aromatic nitrogens is 2. The quantitative estimate of drug-likeness (QED) is 0.822. The summed E-state index contributed by atoms with van der Waals surface area (Å²) in [6, 6.07) is 0. The number of sulfonamides is 1. The Balaban J connectivity index is 1.69. The minimum Gasteiger partial charge on any atom is -0.353 e. The van der Waals surface area contributed by atoms with Crippen molar-refractivity contribution in [2.75, 3.05) is 37.3 Å². The van der Waals surface area contributed by atoms with Gasteiger partial charge in [-0.25, -0.2) is 18.4 Å². The lowest BCUT2D eigenvalue weighted by molar-refractivity contribution is 0.387. The van der Waals surface area contributed by atoms with Gasteiger partial charge in [-0.2, -0.15) is 4.31 Å². The van der Waals surface area contributed by atoms with Gasteiger partial charge in [-0.3, -0.25) is 0 Å². The van der Waals surface area contributed by atoms with E-state index in [4.69, 9.17) is 0 Å². The van der Waals surface area contributed by atoms with Gasteiger partial charge >= 0.3 is 0 Å². The highest BCUT2D eigenvalue weighted by Crippen LogP contribution is 2.39. The summed E-state index contributed by atoms with van der Waals surface area (Å²) in [5.74, 6) is 0.988. The fourth-order valence-corrected chi connectivity index (χ4v) is 5.59. The molecule has 6 nitrogen and oxygen atoms in total. The lowest BCUT2D eigenvalue weighted by atomic mass is 9.97. The highest BCUT2D eigenvalue weighted by atomic mass is 32.2. The number of aryl methyl sites for hydroxylation is 2. The van der Waals surface area contributed by atoms with Gasteiger partial charge in [-0.15, -0.1) is 11.3 Å². The zero-order valence-electron chi connectivity index (χ0n) is 13.2. The Bertz CT molecular complexity index is 839. The van der Waals surface area contributed by atoms with Crippen molar-refractivity contribution in [3.63, 3.8) is 0 Å². The molecular formula is C15H20N4O2S2. The van der Waals surface area contributed by atoms with Gasteiger partial charge in [0.2, 0.25) is 10.0 Å². The maximum atomic E-state index is 11.7. The summed E-state index contributed by atoms with van der Waals surface area (Å²) in [5.41, 5.74) is 1.43. The molecule has 1 aliphatic carbocycles. The molecule has 0 saturated carbocycles. The minimum atomic E-state index is -3.10. The van der Waals surface area contributed by atoms with E-state index < -0.39 is 10.0 Å². The standard InChI is InChI=1S/C15H20N4O2S2/c1-23(20,21)19-8-6-18(7-9-19)14-13-11-4-2-3-5-12(11)22-15(13)17-10-16-14/h10H,2-9H2,1H3. The van der Waals surface area contributed by atoms with Crippen molar-refractivity contribution in [2.45, 2.75) is 25.7 Å². The molecule has 2 aromatic rings. The van der Waals surface area contributed by atoms with Crippen LogP contribution in [0.2, 0.25) is 0 Å². The second-order valence-corrected chi connectivity index (χ2v) is 9.30. The fourth-order valence-electron chi connectivity index (χ4n) is 3.54. The van der Waals surface area contributed by atoms with Gasteiger partial charge in [0, 0.05) is 31.1 Å². The van der Waals surface area contributed by atoms with E-state index in [-0.39, 0.29) is 0 Å². The first kappa shape index (κ1) is 15.3. The van der Waals surface area contributed by atoms with Crippen molar-refractivity contribution in [1.82, 2.24) is 14.3 Å². The third-order valence-electron chi connectivity index (χ3n) is 4.74. The lowest BCUT2D eigenvalue weighted by Gasteiger charge is -2.34. The lowest BCUT2D eigenvalue weighted by Crippen LogP contribution is -2.48. The Morgan fingerprint density at radius 3 is 2.57 bits per heavy atom. The van der Waals surface area contributed by atoms with Crippen molar-refractivity contribution < 1.29 is 8.42 Å². The van der Waals surface area contributed by atoms with Gasteiger partial charge in [0.1, 0.15) is 17.0 Å². The van der Waals surface area contributed by atoms with Gasteiger partial charge in [0.05, 0.1) is 11.6 Å². The van der Waals surface area contributed by atoms with Gasteiger partial charge < -0.3 is 4.90 Å². The van der Waals surface area contributed by atoms with Crippen LogP contribution in [0.3, 0.4) is 0 Å². The average molecular weight is 352 g/mol. The molecule has 124 valence electrons. The predicted molar refractivity (Wildman–Crippen MR) is 92.7 cm³/mol. The number of fused-ring (bicyclic) bond motifs is 3. The third kappa shape index (κ3) is 2.72. The first-order valence-corrected chi connectivity index (χ1v) is 10.7. The molecule has 1 saturated heterocycles. The molecule has 3 heterocycles. The number of hydrogen-bond acceptors (Lipinski definition) is 6. The summed E-state index contributed by atoms with van der Waals surface area (Å²) >= 11 is 1.80. The number of anilines is 1. The molecule has 2 aromatic heterocycles. The van der Waals surface area contributed by atoms with Crippen molar-refractivity contribution in [2.24, 2.45) is 0 Å². The van der Waals surface area contributed by atoms with Crippen LogP contribution in [0.1, 0.15) is 23.3 Å². The first-order valence-electron chi connectivity index (χ1n) is 7.99. The summed E-state index contributed by atoms with van der Waals surface area (Å²) in [6.07, 6.45) is 7.67. The summed E-state index contributed by atoms with van der Waals surface area (Å²) in [6.45, 7) is 2.42. The molecule has 0 unspecified atom stereocenters. The molecule has 0 atom stereocenters. The molecule has 0 N–H and O–H groups in total. The van der Waals surface area contributed by atoms with Crippen molar-refractivity contribution >= 4 is 37.4 Å². The van der Waals surface area contributed by atoms with Crippen molar-refractivity contribution in [3.05, 3.63) is 16.8 Å². The number of nitrogens with zero attached hydrogens (tertiary/aromatic N) is 4. The van der Waals surface area contributed by atoms with Crippen LogP contribution < -0.4 is 4.90 Å².